The molecule has 0 aliphatic heterocycles. The standard InChI is InChI=1S/C23H22FNO4/c1-27-18-9-10-21(20(12-18)23(26)15-5-4-6-17(24)11-15)25-14-16-7-8-19(28-2)13-22(16)29-3/h4-13,25H,14H2,1-3H3. The molecule has 3 aromatic carbocycles. The van der Waals surface area contributed by atoms with Crippen LogP contribution in [0.1, 0.15) is 21.5 Å². The molecule has 5 nitrogen and oxygen atoms in total. The number of ether oxygens (including phenoxy) is 3. The number of hydrogen-bond donors (Lipinski definition) is 1. The summed E-state index contributed by atoms with van der Waals surface area (Å²) in [5.41, 5.74) is 2.16. The van der Waals surface area contributed by atoms with Crippen LogP contribution in [0.2, 0.25) is 0 Å². The lowest BCUT2D eigenvalue weighted by Crippen LogP contribution is -2.09. The van der Waals surface area contributed by atoms with Gasteiger partial charge in [-0.15, -0.1) is 0 Å². The van der Waals surface area contributed by atoms with Crippen molar-refractivity contribution < 1.29 is 23.4 Å². The van der Waals surface area contributed by atoms with Gasteiger partial charge in [0, 0.05) is 35.0 Å². The Morgan fingerprint density at radius 3 is 2.31 bits per heavy atom. The number of ketones is 1. The number of rotatable bonds is 8. The largest absolute Gasteiger partial charge is 0.497 e. The summed E-state index contributed by atoms with van der Waals surface area (Å²) in [6.45, 7) is 0.420. The van der Waals surface area contributed by atoms with Gasteiger partial charge >= 0.3 is 0 Å². The Hall–Kier alpha value is -3.54. The average molecular weight is 395 g/mol. The number of carbonyl (C=O) groups excluding carboxylic acids is 1. The minimum Gasteiger partial charge on any atom is -0.497 e. The second-order valence-corrected chi connectivity index (χ2v) is 6.28. The van der Waals surface area contributed by atoms with Gasteiger partial charge in [-0.1, -0.05) is 12.1 Å². The van der Waals surface area contributed by atoms with Gasteiger partial charge in [-0.25, -0.2) is 4.39 Å². The average Bonchev–Trinajstić information content (AvgIpc) is 2.76. The van der Waals surface area contributed by atoms with Crippen molar-refractivity contribution in [2.45, 2.75) is 6.54 Å². The number of anilines is 1. The molecule has 0 aliphatic carbocycles. The lowest BCUT2D eigenvalue weighted by atomic mass is 10.0. The summed E-state index contributed by atoms with van der Waals surface area (Å²) >= 11 is 0. The number of hydrogen-bond acceptors (Lipinski definition) is 5. The second kappa shape index (κ2) is 9.10. The fourth-order valence-corrected chi connectivity index (χ4v) is 2.97. The van der Waals surface area contributed by atoms with E-state index in [1.165, 1.54) is 25.3 Å². The van der Waals surface area contributed by atoms with E-state index < -0.39 is 5.82 Å². The van der Waals surface area contributed by atoms with Crippen molar-refractivity contribution in [3.05, 3.63) is 83.2 Å². The van der Waals surface area contributed by atoms with E-state index in [0.717, 1.165) is 5.56 Å². The maximum atomic E-state index is 13.6. The summed E-state index contributed by atoms with van der Waals surface area (Å²) in [6.07, 6.45) is 0. The lowest BCUT2D eigenvalue weighted by Gasteiger charge is -2.15. The SMILES string of the molecule is COc1ccc(CNc2ccc(OC)cc2C(=O)c2cccc(F)c2)c(OC)c1. The van der Waals surface area contributed by atoms with Gasteiger partial charge in [0.25, 0.3) is 0 Å². The van der Waals surface area contributed by atoms with E-state index in [0.29, 0.717) is 35.0 Å². The molecule has 6 heteroatoms. The highest BCUT2D eigenvalue weighted by Crippen LogP contribution is 2.28. The topological polar surface area (TPSA) is 56.8 Å². The third kappa shape index (κ3) is 4.66. The summed E-state index contributed by atoms with van der Waals surface area (Å²) in [6, 6.07) is 16.3. The zero-order valence-electron chi connectivity index (χ0n) is 16.5. The van der Waals surface area contributed by atoms with Crippen LogP contribution in [-0.2, 0) is 6.54 Å². The van der Waals surface area contributed by atoms with Crippen LogP contribution < -0.4 is 19.5 Å². The molecule has 0 amide bonds. The quantitative estimate of drug-likeness (QED) is 0.561. The molecule has 3 aromatic rings. The Bertz CT molecular complexity index is 1020. The van der Waals surface area contributed by atoms with Crippen LogP contribution in [0, 0.1) is 5.82 Å². The number of methoxy groups -OCH3 is 3. The van der Waals surface area contributed by atoms with E-state index in [1.54, 1.807) is 44.6 Å². The molecule has 0 unspecified atom stereocenters. The summed E-state index contributed by atoms with van der Waals surface area (Å²) in [4.78, 5) is 13.0. The van der Waals surface area contributed by atoms with Crippen LogP contribution in [-0.4, -0.2) is 27.1 Å². The summed E-state index contributed by atoms with van der Waals surface area (Å²) in [5, 5.41) is 3.27. The van der Waals surface area contributed by atoms with Crippen molar-refractivity contribution in [2.24, 2.45) is 0 Å². The third-order valence-electron chi connectivity index (χ3n) is 4.52. The van der Waals surface area contributed by atoms with Gasteiger partial charge in [0.2, 0.25) is 0 Å². The second-order valence-electron chi connectivity index (χ2n) is 6.28. The molecule has 3 rings (SSSR count). The highest BCUT2D eigenvalue weighted by molar-refractivity contribution is 6.12. The fourth-order valence-electron chi connectivity index (χ4n) is 2.97. The highest BCUT2D eigenvalue weighted by Gasteiger charge is 2.16. The molecule has 0 atom stereocenters. The monoisotopic (exact) mass is 395 g/mol. The Labute approximate surface area is 169 Å². The first-order valence-corrected chi connectivity index (χ1v) is 8.98. The third-order valence-corrected chi connectivity index (χ3v) is 4.52. The Balaban J connectivity index is 1.91. The Morgan fingerprint density at radius 1 is 0.897 bits per heavy atom. The molecule has 1 N–H and O–H groups in total. The zero-order valence-corrected chi connectivity index (χ0v) is 16.5. The molecule has 0 fully saturated rings. The summed E-state index contributed by atoms with van der Waals surface area (Å²) in [7, 11) is 4.71. The highest BCUT2D eigenvalue weighted by atomic mass is 19.1. The fraction of sp³-hybridized carbons (Fsp3) is 0.174. The minimum absolute atomic E-state index is 0.267. The van der Waals surface area contributed by atoms with Crippen molar-refractivity contribution in [1.29, 1.82) is 0 Å². The molecule has 0 saturated heterocycles. The van der Waals surface area contributed by atoms with Crippen molar-refractivity contribution in [3.63, 3.8) is 0 Å². The number of nitrogens with one attached hydrogen (secondary N) is 1. The van der Waals surface area contributed by atoms with Crippen LogP contribution in [0.3, 0.4) is 0 Å². The Kier molecular flexibility index (Phi) is 6.34. The normalized spacial score (nSPS) is 10.3. The molecule has 150 valence electrons. The Morgan fingerprint density at radius 2 is 1.62 bits per heavy atom. The van der Waals surface area contributed by atoms with Gasteiger partial charge in [0.05, 0.1) is 21.3 Å². The number of halogens is 1. The van der Waals surface area contributed by atoms with E-state index in [9.17, 15) is 9.18 Å². The van der Waals surface area contributed by atoms with Gasteiger partial charge in [0.15, 0.2) is 5.78 Å². The van der Waals surface area contributed by atoms with Crippen LogP contribution in [0.4, 0.5) is 10.1 Å². The first kappa shape index (κ1) is 20.2. The molecule has 29 heavy (non-hydrogen) atoms. The van der Waals surface area contributed by atoms with Gasteiger partial charge in [-0.05, 0) is 42.5 Å². The van der Waals surface area contributed by atoms with Crippen LogP contribution in [0.15, 0.2) is 60.7 Å². The summed E-state index contributed by atoms with van der Waals surface area (Å²) < 4.78 is 29.5. The van der Waals surface area contributed by atoms with Gasteiger partial charge < -0.3 is 19.5 Å². The molecule has 0 spiro atoms. The maximum absolute atomic E-state index is 13.6. The van der Waals surface area contributed by atoms with Crippen molar-refractivity contribution in [3.8, 4) is 17.2 Å². The van der Waals surface area contributed by atoms with E-state index in [-0.39, 0.29) is 11.3 Å². The first-order valence-electron chi connectivity index (χ1n) is 8.98. The molecule has 0 aliphatic rings. The number of benzene rings is 3. The molecular formula is C23H22FNO4. The minimum atomic E-state index is -0.462. The van der Waals surface area contributed by atoms with E-state index >= 15 is 0 Å². The molecule has 0 saturated carbocycles. The zero-order chi connectivity index (χ0) is 20.8. The number of carbonyl (C=O) groups is 1. The molecule has 0 heterocycles. The lowest BCUT2D eigenvalue weighted by molar-refractivity contribution is 0.103. The summed E-state index contributed by atoms with van der Waals surface area (Å²) in [5.74, 6) is 1.14. The van der Waals surface area contributed by atoms with Gasteiger partial charge in [-0.3, -0.25) is 4.79 Å². The first-order chi connectivity index (χ1) is 14.0. The maximum Gasteiger partial charge on any atom is 0.195 e. The van der Waals surface area contributed by atoms with Crippen molar-refractivity contribution >= 4 is 11.5 Å². The van der Waals surface area contributed by atoms with E-state index in [1.807, 2.05) is 12.1 Å². The molecular weight excluding hydrogens is 373 g/mol. The molecule has 0 aromatic heterocycles. The van der Waals surface area contributed by atoms with Crippen molar-refractivity contribution in [2.75, 3.05) is 26.6 Å². The molecule has 0 radical (unpaired) electrons. The smallest absolute Gasteiger partial charge is 0.195 e. The molecule has 0 bridgehead atoms. The predicted octanol–water partition coefficient (Wildman–Crippen LogP) is 4.69. The van der Waals surface area contributed by atoms with Crippen molar-refractivity contribution in [1.82, 2.24) is 0 Å². The van der Waals surface area contributed by atoms with Crippen LogP contribution in [0.25, 0.3) is 0 Å². The predicted molar refractivity (Wildman–Crippen MR) is 110 cm³/mol. The van der Waals surface area contributed by atoms with E-state index in [4.69, 9.17) is 14.2 Å². The van der Waals surface area contributed by atoms with Crippen LogP contribution in [0.5, 0.6) is 17.2 Å². The van der Waals surface area contributed by atoms with Gasteiger partial charge in [-0.2, -0.15) is 0 Å². The van der Waals surface area contributed by atoms with Gasteiger partial charge in [0.1, 0.15) is 23.1 Å². The van der Waals surface area contributed by atoms with E-state index in [2.05, 4.69) is 5.32 Å². The van der Waals surface area contributed by atoms with Crippen LogP contribution >= 0.6 is 0 Å².